The van der Waals surface area contributed by atoms with Gasteiger partial charge in [-0.25, -0.2) is 13.2 Å². The number of amides is 2. The fourth-order valence-corrected chi connectivity index (χ4v) is 10.5. The number of hydroxylamine groups is 2. The summed E-state index contributed by atoms with van der Waals surface area (Å²) in [6.45, 7) is -0.0652. The van der Waals surface area contributed by atoms with E-state index in [4.69, 9.17) is 9.57 Å². The molecule has 17 nitrogen and oxygen atoms in total. The number of anilines is 3. The van der Waals surface area contributed by atoms with Crippen molar-refractivity contribution in [2.45, 2.75) is 46.4 Å². The van der Waals surface area contributed by atoms with Crippen LogP contribution in [0.4, 0.5) is 17.1 Å². The fraction of sp³-hybridized carbons (Fsp3) is 0.233. The number of sulfonamides is 1. The average molecular weight is 917 g/mol. The maximum Gasteiger partial charge on any atom is 0.336 e. The minimum absolute atomic E-state index is 0.000624. The number of piperidine rings is 1. The van der Waals surface area contributed by atoms with Crippen molar-refractivity contribution in [2.75, 3.05) is 37.0 Å². The largest absolute Gasteiger partial charge is 0.456 e. The summed E-state index contributed by atoms with van der Waals surface area (Å²) in [7, 11) is -9.49. The lowest BCUT2D eigenvalue weighted by Gasteiger charge is -2.34. The Morgan fingerprint density at radius 1 is 0.746 bits per heavy atom. The highest BCUT2D eigenvalue weighted by Gasteiger charge is 2.39. The molecule has 8 rings (SSSR count). The highest BCUT2D eigenvalue weighted by Crippen LogP contribution is 2.47. The monoisotopic (exact) mass is 916 g/mol. The van der Waals surface area contributed by atoms with Gasteiger partial charge in [-0.05, 0) is 85.6 Å². The SMILES string of the molecule is CN(c1ccc(S(=O)(=O)O)cc1)c1ccc2c(c1)OC1=CC(N(C)c3ccc(S(=O)(=O)O)cc3)C=CC1=C2c1ccccc1S(=O)(=O)N1CCC(C(=O)ON2C(=O)CCC2=O)CC1. The van der Waals surface area contributed by atoms with Crippen LogP contribution in [0.5, 0.6) is 5.75 Å². The number of imide groups is 1. The molecule has 4 aromatic rings. The summed E-state index contributed by atoms with van der Waals surface area (Å²) >= 11 is 0. The predicted octanol–water partition coefficient (Wildman–Crippen LogP) is 5.11. The van der Waals surface area contributed by atoms with E-state index in [1.807, 2.05) is 23.1 Å². The van der Waals surface area contributed by atoms with Gasteiger partial charge in [-0.1, -0.05) is 30.4 Å². The molecule has 3 aliphatic heterocycles. The number of hydrogen-bond donors (Lipinski definition) is 2. The number of nitrogens with zero attached hydrogens (tertiary/aromatic N) is 4. The number of fused-ring (bicyclic) bond motifs is 2. The molecule has 3 heterocycles. The Morgan fingerprint density at radius 3 is 1.92 bits per heavy atom. The molecular weight excluding hydrogens is 877 g/mol. The summed E-state index contributed by atoms with van der Waals surface area (Å²) in [6, 6.07) is 22.8. The van der Waals surface area contributed by atoms with Gasteiger partial charge in [-0.2, -0.15) is 21.1 Å². The van der Waals surface area contributed by atoms with E-state index in [1.54, 1.807) is 67.5 Å². The summed E-state index contributed by atoms with van der Waals surface area (Å²) in [6.07, 6.45) is 5.64. The minimum Gasteiger partial charge on any atom is -0.456 e. The van der Waals surface area contributed by atoms with Gasteiger partial charge in [-0.15, -0.1) is 5.06 Å². The maximum absolute atomic E-state index is 14.6. The molecule has 0 radical (unpaired) electrons. The second-order valence-corrected chi connectivity index (χ2v) is 20.0. The van der Waals surface area contributed by atoms with E-state index in [2.05, 4.69) is 0 Å². The van der Waals surface area contributed by atoms with Gasteiger partial charge in [-0.3, -0.25) is 18.7 Å². The third kappa shape index (κ3) is 8.52. The molecule has 2 saturated heterocycles. The molecule has 20 heteroatoms. The molecule has 4 aromatic carbocycles. The van der Waals surface area contributed by atoms with Crippen LogP contribution in [-0.2, 0) is 49.5 Å². The number of carbonyl (C=O) groups is 3. The molecule has 0 saturated carbocycles. The van der Waals surface area contributed by atoms with E-state index in [0.29, 0.717) is 55.9 Å². The lowest BCUT2D eigenvalue weighted by Crippen LogP contribution is -2.42. The van der Waals surface area contributed by atoms with Gasteiger partial charge in [0.1, 0.15) is 11.5 Å². The molecule has 0 aromatic heterocycles. The highest BCUT2D eigenvalue weighted by molar-refractivity contribution is 7.89. The molecule has 1 aliphatic carbocycles. The summed E-state index contributed by atoms with van der Waals surface area (Å²) in [5.74, 6) is -1.95. The highest BCUT2D eigenvalue weighted by atomic mass is 32.2. The normalized spacial score (nSPS) is 18.4. The first-order valence-corrected chi connectivity index (χ1v) is 23.9. The molecule has 2 fully saturated rings. The molecule has 1 unspecified atom stereocenters. The number of allylic oxidation sites excluding steroid dienone is 1. The molecule has 328 valence electrons. The van der Waals surface area contributed by atoms with Crippen molar-refractivity contribution in [1.82, 2.24) is 9.37 Å². The molecule has 2 amide bonds. The quantitative estimate of drug-likeness (QED) is 0.147. The lowest BCUT2D eigenvalue weighted by molar-refractivity contribution is -0.201. The molecule has 1 atom stereocenters. The summed E-state index contributed by atoms with van der Waals surface area (Å²) in [4.78, 5) is 45.2. The number of likely N-dealkylation sites (N-methyl/N-ethyl adjacent to an activating group) is 1. The van der Waals surface area contributed by atoms with E-state index < -0.39 is 60.0 Å². The van der Waals surface area contributed by atoms with E-state index in [-0.39, 0.29) is 53.5 Å². The van der Waals surface area contributed by atoms with E-state index in [0.717, 1.165) is 0 Å². The van der Waals surface area contributed by atoms with Crippen LogP contribution < -0.4 is 14.5 Å². The van der Waals surface area contributed by atoms with Crippen molar-refractivity contribution in [3.8, 4) is 5.75 Å². The van der Waals surface area contributed by atoms with Gasteiger partial charge in [0.2, 0.25) is 10.0 Å². The van der Waals surface area contributed by atoms with Crippen LogP contribution in [0.1, 0.15) is 36.8 Å². The number of benzene rings is 4. The third-order valence-electron chi connectivity index (χ3n) is 11.4. The average Bonchev–Trinajstić information content (AvgIpc) is 3.59. The zero-order chi connectivity index (χ0) is 45.0. The Bertz CT molecular complexity index is 2960. The topological polar surface area (TPSA) is 226 Å². The molecule has 4 aliphatic rings. The minimum atomic E-state index is -4.42. The molecule has 0 bridgehead atoms. The molecular formula is C43H40N4O13S3. The van der Waals surface area contributed by atoms with E-state index in [1.165, 1.54) is 46.8 Å². The van der Waals surface area contributed by atoms with Crippen LogP contribution in [0.3, 0.4) is 0 Å². The van der Waals surface area contributed by atoms with Crippen molar-refractivity contribution in [3.63, 3.8) is 0 Å². The second kappa shape index (κ2) is 16.5. The summed E-state index contributed by atoms with van der Waals surface area (Å²) in [5.41, 5.74) is 3.88. The Kier molecular flexibility index (Phi) is 11.4. The van der Waals surface area contributed by atoms with Crippen molar-refractivity contribution in [1.29, 1.82) is 0 Å². The third-order valence-corrected chi connectivity index (χ3v) is 15.1. The first-order chi connectivity index (χ1) is 29.8. The zero-order valence-electron chi connectivity index (χ0n) is 33.7. The van der Waals surface area contributed by atoms with E-state index >= 15 is 0 Å². The van der Waals surface area contributed by atoms with Gasteiger partial charge in [0.05, 0.1) is 26.6 Å². The number of hydrogen-bond acceptors (Lipinski definition) is 13. The lowest BCUT2D eigenvalue weighted by atomic mass is 9.86. The fourth-order valence-electron chi connectivity index (χ4n) is 7.89. The van der Waals surface area contributed by atoms with Crippen LogP contribution in [-0.4, -0.2) is 94.7 Å². The Balaban J connectivity index is 1.15. The predicted molar refractivity (Wildman–Crippen MR) is 228 cm³/mol. The first kappa shape index (κ1) is 43.5. The number of carbonyl (C=O) groups excluding carboxylic acids is 3. The zero-order valence-corrected chi connectivity index (χ0v) is 36.1. The van der Waals surface area contributed by atoms with Gasteiger partial charge >= 0.3 is 5.97 Å². The van der Waals surface area contributed by atoms with Crippen molar-refractivity contribution in [3.05, 3.63) is 132 Å². The molecule has 63 heavy (non-hydrogen) atoms. The van der Waals surface area contributed by atoms with Crippen LogP contribution >= 0.6 is 0 Å². The molecule has 0 spiro atoms. The van der Waals surface area contributed by atoms with Crippen molar-refractivity contribution in [2.24, 2.45) is 5.92 Å². The van der Waals surface area contributed by atoms with Gasteiger partial charge in [0.25, 0.3) is 32.1 Å². The van der Waals surface area contributed by atoms with Gasteiger partial charge < -0.3 is 19.4 Å². The van der Waals surface area contributed by atoms with Gasteiger partial charge in [0, 0.05) is 85.4 Å². The number of rotatable bonds is 11. The molecule has 2 N–H and O–H groups in total. The summed E-state index contributed by atoms with van der Waals surface area (Å²) in [5, 5.41) is 0.486. The van der Waals surface area contributed by atoms with Crippen molar-refractivity contribution < 1.29 is 58.3 Å². The second-order valence-electron chi connectivity index (χ2n) is 15.2. The van der Waals surface area contributed by atoms with Crippen LogP contribution in [0.2, 0.25) is 0 Å². The van der Waals surface area contributed by atoms with Crippen LogP contribution in [0.15, 0.2) is 135 Å². The maximum atomic E-state index is 14.6. The first-order valence-electron chi connectivity index (χ1n) is 19.6. The Labute approximate surface area is 363 Å². The van der Waals surface area contributed by atoms with Gasteiger partial charge in [0.15, 0.2) is 0 Å². The Morgan fingerprint density at radius 2 is 1.32 bits per heavy atom. The smallest absolute Gasteiger partial charge is 0.336 e. The number of ether oxygens (including phenoxy) is 1. The van der Waals surface area contributed by atoms with Crippen LogP contribution in [0, 0.1) is 5.92 Å². The Hall–Kier alpha value is -6.16. The standard InChI is InChI=1S/C43H40N4O13S3/c1-44(28-7-13-32(14-8-28)62(53,54)55)30-11-17-34-37(25-30)59-38-26-31(45(2)29-9-15-33(16-10-29)63(56,57)58)12-18-35(38)42(34)36-5-3-4-6-39(36)61(51,52)46-23-21-27(22-24-46)43(50)60-47-40(48)19-20-41(47)49/h3-18,25-27,30H,19-24H2,1-2H3,(H,53,54,55)(H,56,57,58). The van der Waals surface area contributed by atoms with Crippen molar-refractivity contribution >= 4 is 70.7 Å². The summed E-state index contributed by atoms with van der Waals surface area (Å²) < 4.78 is 103. The van der Waals surface area contributed by atoms with Crippen LogP contribution in [0.25, 0.3) is 5.57 Å². The van der Waals surface area contributed by atoms with E-state index in [9.17, 15) is 48.7 Å².